The monoisotopic (exact) mass is 456 g/mol. The van der Waals surface area contributed by atoms with Crippen LogP contribution in [0, 0.1) is 19.8 Å². The van der Waals surface area contributed by atoms with E-state index in [9.17, 15) is 19.8 Å². The number of aryl methyl sites for hydroxylation is 2. The zero-order valence-corrected chi connectivity index (χ0v) is 19.0. The van der Waals surface area contributed by atoms with Crippen molar-refractivity contribution < 1.29 is 19.8 Å². The van der Waals surface area contributed by atoms with Gasteiger partial charge in [0, 0.05) is 48.4 Å². The standard InChI is InChI=1S/C23H28N4O4S/c1-14-7-15(2)27(25-14)10-16-8-19(32-13-16)9-24-22(30)20(28)21(29)23(31)26-11-17-5-3-4-6-18(17)12-26/h3-8,16,20-21,28-29H,9-13H2,1-2H3,(H,24,30)/t16?,20-,21-/m1/s1. The van der Waals surface area contributed by atoms with Gasteiger partial charge in [-0.3, -0.25) is 14.3 Å². The molecule has 32 heavy (non-hydrogen) atoms. The number of aromatic nitrogens is 2. The molecule has 8 nitrogen and oxygen atoms in total. The summed E-state index contributed by atoms with van der Waals surface area (Å²) < 4.78 is 1.99. The molecular formula is C23H28N4O4S. The van der Waals surface area contributed by atoms with Crippen molar-refractivity contribution in [2.24, 2.45) is 5.92 Å². The van der Waals surface area contributed by atoms with E-state index in [0.717, 1.165) is 39.7 Å². The van der Waals surface area contributed by atoms with Crippen LogP contribution in [-0.4, -0.2) is 61.2 Å². The highest BCUT2D eigenvalue weighted by Gasteiger charge is 2.35. The number of carbonyl (C=O) groups excluding carboxylic acids is 2. The molecule has 0 fully saturated rings. The maximum absolute atomic E-state index is 12.6. The summed E-state index contributed by atoms with van der Waals surface area (Å²) in [5.41, 5.74) is 4.12. The van der Waals surface area contributed by atoms with Gasteiger partial charge >= 0.3 is 0 Å². The number of hydrogen-bond acceptors (Lipinski definition) is 6. The third-order valence-corrected chi connectivity index (χ3v) is 7.07. The molecule has 0 aliphatic carbocycles. The zero-order chi connectivity index (χ0) is 22.8. The van der Waals surface area contributed by atoms with Crippen molar-refractivity contribution in [1.29, 1.82) is 0 Å². The van der Waals surface area contributed by atoms with Crippen LogP contribution in [0.4, 0.5) is 0 Å². The molecule has 2 aliphatic rings. The van der Waals surface area contributed by atoms with E-state index in [1.165, 1.54) is 4.90 Å². The highest BCUT2D eigenvalue weighted by atomic mass is 32.2. The number of aliphatic hydroxyl groups excluding tert-OH is 2. The third kappa shape index (κ3) is 4.90. The fourth-order valence-electron chi connectivity index (χ4n) is 4.10. The van der Waals surface area contributed by atoms with E-state index in [-0.39, 0.29) is 6.54 Å². The second-order valence-corrected chi connectivity index (χ2v) is 9.53. The first-order valence-corrected chi connectivity index (χ1v) is 11.6. The molecular weight excluding hydrogens is 428 g/mol. The van der Waals surface area contributed by atoms with Crippen LogP contribution < -0.4 is 5.32 Å². The molecule has 0 radical (unpaired) electrons. The molecule has 170 valence electrons. The molecule has 0 spiro atoms. The second-order valence-electron chi connectivity index (χ2n) is 8.38. The minimum absolute atomic E-state index is 0.254. The van der Waals surface area contributed by atoms with E-state index >= 15 is 0 Å². The van der Waals surface area contributed by atoms with E-state index in [4.69, 9.17) is 0 Å². The molecule has 2 amide bonds. The summed E-state index contributed by atoms with van der Waals surface area (Å²) in [6, 6.07) is 9.67. The minimum Gasteiger partial charge on any atom is -0.380 e. The average molecular weight is 457 g/mol. The molecule has 1 aromatic carbocycles. The first-order chi connectivity index (χ1) is 15.3. The number of hydrogen-bond donors (Lipinski definition) is 3. The van der Waals surface area contributed by atoms with Crippen molar-refractivity contribution in [2.75, 3.05) is 12.3 Å². The summed E-state index contributed by atoms with van der Waals surface area (Å²) in [4.78, 5) is 27.4. The van der Waals surface area contributed by atoms with Crippen LogP contribution in [0.2, 0.25) is 0 Å². The van der Waals surface area contributed by atoms with Crippen LogP contribution >= 0.6 is 11.8 Å². The summed E-state index contributed by atoms with van der Waals surface area (Å²) in [6.07, 6.45) is -1.51. The number of carbonyl (C=O) groups is 2. The van der Waals surface area contributed by atoms with E-state index < -0.39 is 24.0 Å². The molecule has 3 N–H and O–H groups in total. The smallest absolute Gasteiger partial charge is 0.255 e. The van der Waals surface area contributed by atoms with Crippen molar-refractivity contribution in [1.82, 2.24) is 20.0 Å². The van der Waals surface area contributed by atoms with Gasteiger partial charge in [0.25, 0.3) is 11.8 Å². The lowest BCUT2D eigenvalue weighted by molar-refractivity contribution is -0.153. The molecule has 3 atom stereocenters. The zero-order valence-electron chi connectivity index (χ0n) is 18.2. The van der Waals surface area contributed by atoms with E-state index in [1.54, 1.807) is 11.8 Å². The van der Waals surface area contributed by atoms with Gasteiger partial charge in [0.2, 0.25) is 0 Å². The molecule has 0 bridgehead atoms. The molecule has 0 saturated carbocycles. The largest absolute Gasteiger partial charge is 0.380 e. The maximum Gasteiger partial charge on any atom is 0.255 e. The number of thioether (sulfide) groups is 1. The molecule has 9 heteroatoms. The third-order valence-electron chi connectivity index (χ3n) is 5.83. The predicted molar refractivity (Wildman–Crippen MR) is 121 cm³/mol. The van der Waals surface area contributed by atoms with Gasteiger partial charge in [-0.2, -0.15) is 5.10 Å². The Morgan fingerprint density at radius 2 is 1.88 bits per heavy atom. The number of nitrogens with one attached hydrogen (secondary N) is 1. The number of nitrogens with zero attached hydrogens (tertiary/aromatic N) is 3. The lowest BCUT2D eigenvalue weighted by Crippen LogP contribution is -2.49. The number of amides is 2. The summed E-state index contributed by atoms with van der Waals surface area (Å²) >= 11 is 1.65. The minimum atomic E-state index is -1.82. The fourth-order valence-corrected chi connectivity index (χ4v) is 5.20. The fraction of sp³-hybridized carbons (Fsp3) is 0.435. The van der Waals surface area contributed by atoms with E-state index in [0.29, 0.717) is 19.0 Å². The Morgan fingerprint density at radius 1 is 1.19 bits per heavy atom. The van der Waals surface area contributed by atoms with Gasteiger partial charge in [-0.15, -0.1) is 11.8 Å². The molecule has 1 unspecified atom stereocenters. The van der Waals surface area contributed by atoms with Crippen molar-refractivity contribution in [3.63, 3.8) is 0 Å². The van der Waals surface area contributed by atoms with Crippen molar-refractivity contribution in [2.45, 2.75) is 45.7 Å². The first-order valence-electron chi connectivity index (χ1n) is 10.7. The predicted octanol–water partition coefficient (Wildman–Crippen LogP) is 1.13. The summed E-state index contributed by atoms with van der Waals surface area (Å²) in [6.45, 7) is 5.75. The first kappa shape index (κ1) is 22.6. The van der Waals surface area contributed by atoms with Crippen LogP contribution in [0.5, 0.6) is 0 Å². The van der Waals surface area contributed by atoms with Crippen molar-refractivity contribution in [3.05, 3.63) is 63.8 Å². The van der Waals surface area contributed by atoms with E-state index in [1.807, 2.05) is 48.9 Å². The SMILES string of the molecule is Cc1cc(C)n(CC2C=C(CNC(=O)[C@H](O)[C@@H](O)C(=O)N3Cc4ccccc4C3)SC2)n1. The molecule has 2 aromatic rings. The topological polar surface area (TPSA) is 108 Å². The van der Waals surface area contributed by atoms with Crippen LogP contribution in [0.3, 0.4) is 0 Å². The molecule has 1 aromatic heterocycles. The quantitative estimate of drug-likeness (QED) is 0.577. The summed E-state index contributed by atoms with van der Waals surface area (Å²) in [5, 5.41) is 27.7. The van der Waals surface area contributed by atoms with Gasteiger partial charge in [0.15, 0.2) is 12.2 Å². The number of benzene rings is 1. The molecule has 3 heterocycles. The Balaban J connectivity index is 1.26. The van der Waals surface area contributed by atoms with Gasteiger partial charge in [0.05, 0.1) is 5.69 Å². The van der Waals surface area contributed by atoms with Crippen molar-refractivity contribution in [3.8, 4) is 0 Å². The van der Waals surface area contributed by atoms with Crippen LogP contribution in [0.15, 0.2) is 41.3 Å². The van der Waals surface area contributed by atoms with E-state index in [2.05, 4.69) is 16.5 Å². The highest BCUT2D eigenvalue weighted by Crippen LogP contribution is 2.30. The van der Waals surface area contributed by atoms with Crippen molar-refractivity contribution >= 4 is 23.6 Å². The Hall–Kier alpha value is -2.62. The van der Waals surface area contributed by atoms with Gasteiger partial charge in [-0.05, 0) is 31.0 Å². The van der Waals surface area contributed by atoms with Crippen LogP contribution in [0.1, 0.15) is 22.5 Å². The molecule has 2 aliphatic heterocycles. The van der Waals surface area contributed by atoms with Gasteiger partial charge < -0.3 is 20.4 Å². The summed E-state index contributed by atoms with van der Waals surface area (Å²) in [7, 11) is 0. The Bertz CT molecular complexity index is 1030. The normalized spacial score (nSPS) is 19.4. The Morgan fingerprint density at radius 3 is 2.50 bits per heavy atom. The molecule has 0 saturated heterocycles. The lowest BCUT2D eigenvalue weighted by atomic mass is 10.1. The van der Waals surface area contributed by atoms with Gasteiger partial charge in [-0.1, -0.05) is 30.3 Å². The van der Waals surface area contributed by atoms with Crippen LogP contribution in [-0.2, 0) is 29.2 Å². The summed E-state index contributed by atoms with van der Waals surface area (Å²) in [5.74, 6) is -0.212. The Kier molecular flexibility index (Phi) is 6.68. The highest BCUT2D eigenvalue weighted by molar-refractivity contribution is 8.03. The average Bonchev–Trinajstić information content (AvgIpc) is 3.49. The number of allylic oxidation sites excluding steroid dienone is 1. The number of fused-ring (bicyclic) bond motifs is 1. The number of aliphatic hydroxyl groups is 2. The van der Waals surface area contributed by atoms with Crippen LogP contribution in [0.25, 0.3) is 0 Å². The lowest BCUT2D eigenvalue weighted by Gasteiger charge is -2.22. The molecule has 4 rings (SSSR count). The maximum atomic E-state index is 12.6. The van der Waals surface area contributed by atoms with Gasteiger partial charge in [-0.25, -0.2) is 0 Å². The van der Waals surface area contributed by atoms with Gasteiger partial charge in [0.1, 0.15) is 0 Å². The second kappa shape index (κ2) is 9.48. The number of rotatable bonds is 7. The Labute approximate surface area is 191 Å².